The zero-order valence-electron chi connectivity index (χ0n) is 14.5. The summed E-state index contributed by atoms with van der Waals surface area (Å²) in [4.78, 5) is 22.9. The first kappa shape index (κ1) is 18.3. The number of rotatable bonds is 4. The number of ether oxygens (including phenoxy) is 1. The molecule has 2 aromatic heterocycles. The van der Waals surface area contributed by atoms with E-state index in [-0.39, 0.29) is 23.0 Å². The number of hydrogen-bond acceptors (Lipinski definition) is 4. The van der Waals surface area contributed by atoms with E-state index in [4.69, 9.17) is 4.74 Å². The Morgan fingerprint density at radius 3 is 2.38 bits per heavy atom. The zero-order chi connectivity index (χ0) is 20.4. The van der Waals surface area contributed by atoms with Crippen molar-refractivity contribution in [2.24, 2.45) is 0 Å². The summed E-state index contributed by atoms with van der Waals surface area (Å²) in [7, 11) is 0. The maximum atomic E-state index is 14.4. The van der Waals surface area contributed by atoms with E-state index in [1.54, 1.807) is 12.3 Å². The van der Waals surface area contributed by atoms with Crippen molar-refractivity contribution < 1.29 is 22.7 Å². The van der Waals surface area contributed by atoms with Gasteiger partial charge in [0.25, 0.3) is 0 Å². The van der Waals surface area contributed by atoms with Gasteiger partial charge in [0.15, 0.2) is 0 Å². The smallest absolute Gasteiger partial charge is 0.323 e. The number of nitrogens with one attached hydrogen (secondary N) is 3. The number of halogens is 3. The normalized spacial score (nSPS) is 10.7. The first-order valence-corrected chi connectivity index (χ1v) is 8.28. The maximum Gasteiger partial charge on any atom is 0.323 e. The largest absolute Gasteiger partial charge is 0.438 e. The number of carbonyl (C=O) groups is 1. The van der Waals surface area contributed by atoms with Crippen LogP contribution in [0, 0.1) is 17.5 Å². The van der Waals surface area contributed by atoms with Crippen molar-refractivity contribution in [1.29, 1.82) is 0 Å². The number of H-pyrrole nitrogens is 1. The van der Waals surface area contributed by atoms with Gasteiger partial charge in [-0.15, -0.1) is 0 Å². The van der Waals surface area contributed by atoms with E-state index in [1.165, 1.54) is 18.5 Å². The summed E-state index contributed by atoms with van der Waals surface area (Å²) in [6.07, 6.45) is 2.97. The highest BCUT2D eigenvalue weighted by Crippen LogP contribution is 2.28. The molecule has 0 bridgehead atoms. The molecule has 0 saturated carbocycles. The van der Waals surface area contributed by atoms with Gasteiger partial charge in [0.2, 0.25) is 5.88 Å². The van der Waals surface area contributed by atoms with Gasteiger partial charge in [0.1, 0.15) is 35.2 Å². The first-order chi connectivity index (χ1) is 14.0. The predicted molar refractivity (Wildman–Crippen MR) is 99.4 cm³/mol. The first-order valence-electron chi connectivity index (χ1n) is 8.28. The van der Waals surface area contributed by atoms with Crippen LogP contribution in [0.4, 0.5) is 29.3 Å². The van der Waals surface area contributed by atoms with E-state index in [1.807, 2.05) is 0 Å². The lowest BCUT2D eigenvalue weighted by Gasteiger charge is -2.11. The number of nitrogens with zero attached hydrogens (tertiary/aromatic N) is 2. The van der Waals surface area contributed by atoms with Crippen LogP contribution in [0.2, 0.25) is 0 Å². The van der Waals surface area contributed by atoms with Crippen molar-refractivity contribution in [2.45, 2.75) is 0 Å². The number of aromatic nitrogens is 3. The Labute approximate surface area is 161 Å². The number of urea groups is 1. The van der Waals surface area contributed by atoms with Crippen LogP contribution < -0.4 is 15.4 Å². The number of carbonyl (C=O) groups excluding carboxylic acids is 1. The molecule has 0 aliphatic rings. The Morgan fingerprint density at radius 1 is 0.931 bits per heavy atom. The topological polar surface area (TPSA) is 91.9 Å². The lowest BCUT2D eigenvalue weighted by molar-refractivity contribution is 0.262. The molecule has 146 valence electrons. The second-order valence-electron chi connectivity index (χ2n) is 5.87. The monoisotopic (exact) mass is 399 g/mol. The number of aromatic amines is 1. The van der Waals surface area contributed by atoms with Gasteiger partial charge < -0.3 is 20.4 Å². The molecule has 7 nitrogen and oxygen atoms in total. The molecule has 3 N–H and O–H groups in total. The number of amides is 2. The third kappa shape index (κ3) is 3.95. The van der Waals surface area contributed by atoms with E-state index in [2.05, 4.69) is 25.6 Å². The molecule has 0 unspecified atom stereocenters. The summed E-state index contributed by atoms with van der Waals surface area (Å²) in [6, 6.07) is 7.26. The summed E-state index contributed by atoms with van der Waals surface area (Å²) in [5, 5.41) is 5.04. The van der Waals surface area contributed by atoms with Crippen LogP contribution in [0.15, 0.2) is 55.0 Å². The molecule has 4 aromatic rings. The van der Waals surface area contributed by atoms with Gasteiger partial charge in [-0.2, -0.15) is 0 Å². The minimum Gasteiger partial charge on any atom is -0.438 e. The second-order valence-corrected chi connectivity index (χ2v) is 5.87. The van der Waals surface area contributed by atoms with E-state index in [0.29, 0.717) is 17.1 Å². The summed E-state index contributed by atoms with van der Waals surface area (Å²) in [6.45, 7) is 0. The van der Waals surface area contributed by atoms with Crippen LogP contribution in [0.25, 0.3) is 11.0 Å². The molecule has 0 aliphatic heterocycles. The highest BCUT2D eigenvalue weighted by molar-refractivity contribution is 5.99. The fourth-order valence-electron chi connectivity index (χ4n) is 2.57. The fourth-order valence-corrected chi connectivity index (χ4v) is 2.57. The van der Waals surface area contributed by atoms with Crippen molar-refractivity contribution >= 4 is 28.4 Å². The quantitative estimate of drug-likeness (QED) is 0.459. The van der Waals surface area contributed by atoms with Gasteiger partial charge in [-0.3, -0.25) is 0 Å². The SMILES string of the molecule is O=C(Nc1ccc(F)cc1F)Nc1ccc(Oc2ncnc3[nH]ccc23)cc1F. The Kier molecular flexibility index (Phi) is 4.73. The van der Waals surface area contributed by atoms with Crippen LogP contribution in [0.5, 0.6) is 11.6 Å². The Hall–Kier alpha value is -4.08. The number of anilines is 2. The summed E-state index contributed by atoms with van der Waals surface area (Å²) < 4.78 is 46.4. The van der Waals surface area contributed by atoms with Gasteiger partial charge >= 0.3 is 6.03 Å². The number of benzene rings is 2. The van der Waals surface area contributed by atoms with Gasteiger partial charge in [-0.25, -0.2) is 27.9 Å². The van der Waals surface area contributed by atoms with Gasteiger partial charge in [0, 0.05) is 18.3 Å². The van der Waals surface area contributed by atoms with Gasteiger partial charge in [0.05, 0.1) is 16.8 Å². The van der Waals surface area contributed by atoms with Crippen LogP contribution in [-0.2, 0) is 0 Å². The molecule has 0 spiro atoms. The molecular weight excluding hydrogens is 387 g/mol. The molecule has 0 fully saturated rings. The average molecular weight is 399 g/mol. The highest BCUT2D eigenvalue weighted by atomic mass is 19.1. The van der Waals surface area contributed by atoms with Gasteiger partial charge in [-0.05, 0) is 30.3 Å². The maximum absolute atomic E-state index is 14.4. The zero-order valence-corrected chi connectivity index (χ0v) is 14.5. The van der Waals surface area contributed by atoms with Crippen LogP contribution in [-0.4, -0.2) is 21.0 Å². The average Bonchev–Trinajstić information content (AvgIpc) is 3.16. The molecule has 29 heavy (non-hydrogen) atoms. The molecule has 0 radical (unpaired) electrons. The molecule has 10 heteroatoms. The fraction of sp³-hybridized carbons (Fsp3) is 0. The molecule has 0 aliphatic carbocycles. The molecule has 2 amide bonds. The second kappa shape index (κ2) is 7.50. The lowest BCUT2D eigenvalue weighted by Crippen LogP contribution is -2.20. The summed E-state index contributed by atoms with van der Waals surface area (Å²) in [5.41, 5.74) is 0.161. The van der Waals surface area contributed by atoms with Crippen LogP contribution in [0.1, 0.15) is 0 Å². The van der Waals surface area contributed by atoms with E-state index >= 15 is 0 Å². The number of fused-ring (bicyclic) bond motifs is 1. The standard InChI is InChI=1S/C19H12F3N5O2/c20-10-1-3-15(13(21)7-10)26-19(28)27-16-4-2-11(8-14(16)22)29-18-12-5-6-23-17(12)24-9-25-18/h1-9H,(H,23,24,25)(H2,26,27,28). The van der Waals surface area contributed by atoms with E-state index in [9.17, 15) is 18.0 Å². The third-order valence-electron chi connectivity index (χ3n) is 3.90. The van der Waals surface area contributed by atoms with Crippen molar-refractivity contribution in [1.82, 2.24) is 15.0 Å². The Morgan fingerprint density at radius 2 is 1.66 bits per heavy atom. The molecule has 2 aromatic carbocycles. The van der Waals surface area contributed by atoms with Crippen molar-refractivity contribution in [2.75, 3.05) is 10.6 Å². The minimum atomic E-state index is -0.953. The Balaban J connectivity index is 1.47. The molecule has 4 rings (SSSR count). The van der Waals surface area contributed by atoms with Crippen LogP contribution in [0.3, 0.4) is 0 Å². The van der Waals surface area contributed by atoms with E-state index < -0.39 is 23.5 Å². The predicted octanol–water partition coefficient (Wildman–Crippen LogP) is 4.81. The van der Waals surface area contributed by atoms with Crippen molar-refractivity contribution in [3.05, 3.63) is 72.4 Å². The van der Waals surface area contributed by atoms with Crippen molar-refractivity contribution in [3.8, 4) is 11.6 Å². The highest BCUT2D eigenvalue weighted by Gasteiger charge is 2.13. The van der Waals surface area contributed by atoms with Crippen molar-refractivity contribution in [3.63, 3.8) is 0 Å². The van der Waals surface area contributed by atoms with E-state index in [0.717, 1.165) is 18.2 Å². The summed E-state index contributed by atoms with van der Waals surface area (Å²) >= 11 is 0. The Bertz CT molecular complexity index is 1210. The molecule has 0 atom stereocenters. The van der Waals surface area contributed by atoms with Gasteiger partial charge in [-0.1, -0.05) is 0 Å². The van der Waals surface area contributed by atoms with Crippen LogP contribution >= 0.6 is 0 Å². The minimum absolute atomic E-state index is 0.152. The molecule has 0 saturated heterocycles. The summed E-state index contributed by atoms with van der Waals surface area (Å²) in [5.74, 6) is -2.13. The molecular formula is C19H12F3N5O2. The lowest BCUT2D eigenvalue weighted by atomic mass is 10.3. The number of hydrogen-bond donors (Lipinski definition) is 3. The third-order valence-corrected chi connectivity index (χ3v) is 3.90. The molecule has 2 heterocycles.